The van der Waals surface area contributed by atoms with Crippen LogP contribution in [0, 0.1) is 0 Å². The number of rotatable bonds is 22. The molecule has 40 atom stereocenters. The zero-order chi connectivity index (χ0) is 65.4. The molecule has 41 heteroatoms. The van der Waals surface area contributed by atoms with E-state index in [4.69, 9.17) is 71.1 Å². The summed E-state index contributed by atoms with van der Waals surface area (Å²) in [5, 5.41) is 277. The van der Waals surface area contributed by atoms with Crippen LogP contribution in [0.25, 0.3) is 0 Å². The van der Waals surface area contributed by atoms with E-state index in [-0.39, 0.29) is 0 Å². The molecule has 8 saturated heterocycles. The second-order valence-electron chi connectivity index (χ2n) is 22.5. The Kier molecular flexibility index (Phi) is 25.9. The molecule has 8 aliphatic rings. The smallest absolute Gasteiger partial charge is 0.187 e. The van der Waals surface area contributed by atoms with Crippen molar-refractivity contribution in [3.8, 4) is 0 Å². The molecule has 0 aliphatic carbocycles. The zero-order valence-corrected chi connectivity index (χ0v) is 46.5. The molecular formula is C48H82O41. The third-order valence-electron chi connectivity index (χ3n) is 16.6. The van der Waals surface area contributed by atoms with E-state index in [2.05, 4.69) is 0 Å². The standard InChI is InChI=1S/C48H82O41/c49-1-9-17(55)20(58)29(67)42(78-9)75-7-15-39(23(61)28(66)41(74)77-15)88-47-34(72)26(64)37(13(5-53)83-47)86-45-32(70)24(62)36(12(4-52)81-45)85-46-33(71)25(63)38(14(6-54)82-46)87-48-35(73)27(65)40(89-44-31(69)22(60)19(57)11(3-51)80-44)16(84-48)8-76-43-30(68)21(59)18(56)10(2-50)79-43/h9-74H,1-8H2/t9-,10-,11-,12-,13-,14-,15-,16-,17+,18+,19-,20+,21+,22+,23-,24-,25-,26-,27-,28+,29-,30-,31+,32+,33+,34+,35+,36-,37-,38-,39-,40-,41-,42+,43+,44+,45+,46+,47+,48+/m1/s1. The summed E-state index contributed by atoms with van der Waals surface area (Å²) in [4.78, 5) is 0. The summed E-state index contributed by atoms with van der Waals surface area (Å²) < 4.78 is 83.9. The van der Waals surface area contributed by atoms with Gasteiger partial charge in [-0.05, 0) is 0 Å². The number of hydrogen-bond donors (Lipinski definition) is 26. The van der Waals surface area contributed by atoms with Crippen LogP contribution < -0.4 is 0 Å². The van der Waals surface area contributed by atoms with Crippen molar-refractivity contribution in [1.82, 2.24) is 0 Å². The van der Waals surface area contributed by atoms with Gasteiger partial charge >= 0.3 is 0 Å². The molecule has 0 radical (unpaired) electrons. The van der Waals surface area contributed by atoms with Crippen molar-refractivity contribution >= 4 is 0 Å². The molecule has 0 aromatic heterocycles. The first-order chi connectivity index (χ1) is 42.2. The Balaban J connectivity index is 0.905. The summed E-state index contributed by atoms with van der Waals surface area (Å²) in [6.45, 7) is -7.73. The Hall–Kier alpha value is -1.64. The molecule has 0 saturated carbocycles. The van der Waals surface area contributed by atoms with Gasteiger partial charge < -0.3 is 204 Å². The monoisotopic (exact) mass is 1310 g/mol. The molecule has 0 aromatic carbocycles. The van der Waals surface area contributed by atoms with E-state index in [1.165, 1.54) is 0 Å². The third kappa shape index (κ3) is 15.3. The average molecular weight is 1320 g/mol. The molecule has 41 nitrogen and oxygen atoms in total. The topological polar surface area (TPSA) is 664 Å². The van der Waals surface area contributed by atoms with Crippen molar-refractivity contribution in [3.05, 3.63) is 0 Å². The molecule has 0 amide bonds. The maximum Gasteiger partial charge on any atom is 0.187 e. The van der Waals surface area contributed by atoms with E-state index in [0.29, 0.717) is 0 Å². The largest absolute Gasteiger partial charge is 0.394 e. The van der Waals surface area contributed by atoms with Crippen LogP contribution in [-0.4, -0.2) is 431 Å². The molecule has 520 valence electrons. The second-order valence-corrected chi connectivity index (χ2v) is 22.5. The van der Waals surface area contributed by atoms with Crippen LogP contribution in [-0.2, 0) is 71.1 Å². The first-order valence-electron chi connectivity index (χ1n) is 28.2. The zero-order valence-electron chi connectivity index (χ0n) is 46.5. The van der Waals surface area contributed by atoms with Crippen molar-refractivity contribution in [2.45, 2.75) is 246 Å². The van der Waals surface area contributed by atoms with E-state index in [1.807, 2.05) is 0 Å². The molecule has 26 N–H and O–H groups in total. The fourth-order valence-electron chi connectivity index (χ4n) is 11.3. The predicted molar refractivity (Wildman–Crippen MR) is 264 cm³/mol. The van der Waals surface area contributed by atoms with E-state index >= 15 is 0 Å². The van der Waals surface area contributed by atoms with Crippen LogP contribution in [0.4, 0.5) is 0 Å². The number of ether oxygens (including phenoxy) is 15. The number of aliphatic hydroxyl groups excluding tert-OH is 26. The molecule has 8 heterocycles. The summed E-state index contributed by atoms with van der Waals surface area (Å²) in [5.74, 6) is 0. The van der Waals surface area contributed by atoms with E-state index in [0.717, 1.165) is 0 Å². The Bertz CT molecular complexity index is 2120. The van der Waals surface area contributed by atoms with Crippen LogP contribution in [0.2, 0.25) is 0 Å². The summed E-state index contributed by atoms with van der Waals surface area (Å²) in [6, 6.07) is 0. The summed E-state index contributed by atoms with van der Waals surface area (Å²) in [6.07, 6.45) is -79.1. The quantitative estimate of drug-likeness (QED) is 0.0479. The maximum absolute atomic E-state index is 11.5. The van der Waals surface area contributed by atoms with Crippen LogP contribution in [0.5, 0.6) is 0 Å². The maximum atomic E-state index is 11.5. The van der Waals surface area contributed by atoms with Gasteiger partial charge in [-0.2, -0.15) is 0 Å². The van der Waals surface area contributed by atoms with Crippen molar-refractivity contribution in [2.24, 2.45) is 0 Å². The van der Waals surface area contributed by atoms with Gasteiger partial charge in [-0.25, -0.2) is 0 Å². The lowest BCUT2D eigenvalue weighted by atomic mass is 9.95. The minimum absolute atomic E-state index is 0.818. The molecule has 8 fully saturated rings. The molecule has 0 spiro atoms. The van der Waals surface area contributed by atoms with Gasteiger partial charge in [0.05, 0.1) is 52.9 Å². The Morgan fingerprint density at radius 3 is 0.674 bits per heavy atom. The lowest BCUT2D eigenvalue weighted by molar-refractivity contribution is -0.397. The molecule has 0 aromatic rings. The van der Waals surface area contributed by atoms with Gasteiger partial charge in [0.1, 0.15) is 195 Å². The van der Waals surface area contributed by atoms with Gasteiger partial charge in [0, 0.05) is 0 Å². The van der Waals surface area contributed by atoms with Crippen molar-refractivity contribution in [1.29, 1.82) is 0 Å². The fraction of sp³-hybridized carbons (Fsp3) is 1.00. The molecule has 89 heavy (non-hydrogen) atoms. The van der Waals surface area contributed by atoms with Crippen LogP contribution >= 0.6 is 0 Å². The highest BCUT2D eigenvalue weighted by atomic mass is 16.8. The number of aliphatic hydroxyl groups is 26. The predicted octanol–water partition coefficient (Wildman–Crippen LogP) is -18.5. The van der Waals surface area contributed by atoms with Gasteiger partial charge in [-0.3, -0.25) is 0 Å². The highest BCUT2D eigenvalue weighted by molar-refractivity contribution is 5.01. The van der Waals surface area contributed by atoms with Gasteiger partial charge in [-0.1, -0.05) is 0 Å². The first-order valence-corrected chi connectivity index (χ1v) is 28.2. The van der Waals surface area contributed by atoms with Gasteiger partial charge in [0.2, 0.25) is 0 Å². The van der Waals surface area contributed by atoms with Crippen LogP contribution in [0.3, 0.4) is 0 Å². The Morgan fingerprint density at radius 1 is 0.191 bits per heavy atom. The molecule has 8 rings (SSSR count). The third-order valence-corrected chi connectivity index (χ3v) is 16.6. The lowest BCUT2D eigenvalue weighted by Gasteiger charge is -2.50. The minimum Gasteiger partial charge on any atom is -0.394 e. The van der Waals surface area contributed by atoms with Crippen LogP contribution in [0.15, 0.2) is 0 Å². The van der Waals surface area contributed by atoms with Gasteiger partial charge in [0.25, 0.3) is 0 Å². The molecule has 8 aliphatic heterocycles. The normalized spacial score (nSPS) is 53.6. The summed E-state index contributed by atoms with van der Waals surface area (Å²) >= 11 is 0. The number of hydrogen-bond acceptors (Lipinski definition) is 41. The summed E-state index contributed by atoms with van der Waals surface area (Å²) in [7, 11) is 0. The SMILES string of the molecule is OC[C@H]1O[C@H](OC[C@H]2O[C@@H](O[C@H]3[C@H](O)[C@H](O)[C@H](O[C@H]4[C@H](O)[C@H](O)[C@H](O[C@H]5[C@H](O)[C@H](O)[C@H](O[C@H]6[C@H](O)[C@H](O)[C@H](O)O[C@@H]6CO[C@H]6O[C@H](CO)[C@H](O)[C@H](O)[C@H]6O)O[C@@H]5CO)O[C@@H]4CO)O[C@@H]3CO)[C@@H](O)[C@@H](O)[C@@H]2O[C@@H]2O[C@H](CO)[C@@H](O)[C@H](O)[C@@H]2O)[C@H](O)[C@@H](O)[C@H]1O. The van der Waals surface area contributed by atoms with Crippen LogP contribution in [0.1, 0.15) is 0 Å². The second kappa shape index (κ2) is 31.5. The molecule has 0 unspecified atom stereocenters. The molecule has 0 bridgehead atoms. The van der Waals surface area contributed by atoms with E-state index < -0.39 is 299 Å². The fourth-order valence-corrected chi connectivity index (χ4v) is 11.3. The highest BCUT2D eigenvalue weighted by Gasteiger charge is 2.59. The van der Waals surface area contributed by atoms with Gasteiger partial charge in [-0.15, -0.1) is 0 Å². The van der Waals surface area contributed by atoms with E-state index in [1.54, 1.807) is 0 Å². The summed E-state index contributed by atoms with van der Waals surface area (Å²) in [5.41, 5.74) is 0. The molecular weight excluding hydrogens is 1230 g/mol. The van der Waals surface area contributed by atoms with Crippen molar-refractivity contribution < 1.29 is 204 Å². The van der Waals surface area contributed by atoms with Gasteiger partial charge in [0.15, 0.2) is 50.3 Å². The Labute approximate surface area is 501 Å². The average Bonchev–Trinajstić information content (AvgIpc) is 1.72. The van der Waals surface area contributed by atoms with Crippen molar-refractivity contribution in [2.75, 3.05) is 52.9 Å². The highest BCUT2D eigenvalue weighted by Crippen LogP contribution is 2.38. The lowest BCUT2D eigenvalue weighted by Crippen LogP contribution is -2.68. The Morgan fingerprint density at radius 2 is 0.393 bits per heavy atom. The first kappa shape index (κ1) is 73.2. The van der Waals surface area contributed by atoms with Crippen molar-refractivity contribution in [3.63, 3.8) is 0 Å². The minimum atomic E-state index is -2.31. The van der Waals surface area contributed by atoms with E-state index in [9.17, 15) is 133 Å².